The maximum absolute atomic E-state index is 15.0. The van der Waals surface area contributed by atoms with Crippen molar-refractivity contribution in [2.75, 3.05) is 0 Å². The lowest BCUT2D eigenvalue weighted by molar-refractivity contribution is -0.172. The van der Waals surface area contributed by atoms with Crippen LogP contribution in [0.2, 0.25) is 0 Å². The van der Waals surface area contributed by atoms with Gasteiger partial charge in [-0.2, -0.15) is 0 Å². The fourth-order valence-corrected chi connectivity index (χ4v) is 5.26. The third-order valence-corrected chi connectivity index (χ3v) is 7.19. The predicted molar refractivity (Wildman–Crippen MR) is 133 cm³/mol. The van der Waals surface area contributed by atoms with Gasteiger partial charge in [0.2, 0.25) is 0 Å². The van der Waals surface area contributed by atoms with Gasteiger partial charge in [0.25, 0.3) is 5.56 Å². The summed E-state index contributed by atoms with van der Waals surface area (Å²) in [6, 6.07) is 2.87. The van der Waals surface area contributed by atoms with Crippen LogP contribution in [0.1, 0.15) is 60.6 Å². The van der Waals surface area contributed by atoms with Crippen LogP contribution in [0.15, 0.2) is 22.5 Å². The van der Waals surface area contributed by atoms with Crippen molar-refractivity contribution in [2.45, 2.75) is 59.4 Å². The lowest BCUT2D eigenvalue weighted by atomic mass is 9.86. The molecule has 0 aliphatic carbocycles. The van der Waals surface area contributed by atoms with E-state index in [1.54, 1.807) is 19.9 Å². The second kappa shape index (κ2) is 8.52. The van der Waals surface area contributed by atoms with E-state index in [4.69, 9.17) is 9.72 Å². The summed E-state index contributed by atoms with van der Waals surface area (Å²) >= 11 is 0. The molecule has 0 bridgehead atoms. The number of allylic oxidation sites excluding steroid dienone is 1. The van der Waals surface area contributed by atoms with Crippen LogP contribution in [0.4, 0.5) is 9.18 Å². The Morgan fingerprint density at radius 3 is 2.68 bits per heavy atom. The van der Waals surface area contributed by atoms with E-state index >= 15 is 4.39 Å². The molecule has 0 saturated carbocycles. The van der Waals surface area contributed by atoms with Gasteiger partial charge < -0.3 is 24.8 Å². The topological polar surface area (TPSA) is 131 Å². The molecular formula is C27H26FN3O6. The number of hydrogen-bond donors (Lipinski definition) is 3. The first-order valence-corrected chi connectivity index (χ1v) is 11.9. The Balaban J connectivity index is 1.87. The molecule has 4 heterocycles. The first-order chi connectivity index (χ1) is 17.5. The van der Waals surface area contributed by atoms with E-state index in [1.807, 2.05) is 19.9 Å². The van der Waals surface area contributed by atoms with E-state index in [2.05, 4.69) is 5.32 Å². The number of nitrogens with one attached hydrogen (secondary N) is 1. The Kier molecular flexibility index (Phi) is 5.67. The second-order valence-electron chi connectivity index (χ2n) is 9.69. The van der Waals surface area contributed by atoms with Crippen LogP contribution in [0.3, 0.4) is 0 Å². The van der Waals surface area contributed by atoms with Gasteiger partial charge >= 0.3 is 12.1 Å². The highest BCUT2D eigenvalue weighted by molar-refractivity contribution is 5.96. The van der Waals surface area contributed by atoms with Crippen LogP contribution < -0.4 is 10.9 Å². The van der Waals surface area contributed by atoms with E-state index < -0.39 is 29.0 Å². The molecule has 5 rings (SSSR count). The summed E-state index contributed by atoms with van der Waals surface area (Å²) in [5.74, 6) is -1.29. The Morgan fingerprint density at radius 2 is 2.03 bits per heavy atom. The zero-order valence-electron chi connectivity index (χ0n) is 20.9. The van der Waals surface area contributed by atoms with Crippen molar-refractivity contribution >= 4 is 29.0 Å². The van der Waals surface area contributed by atoms with Gasteiger partial charge in [0, 0.05) is 29.1 Å². The fraction of sp³-hybridized carbons (Fsp3) is 0.333. The number of hydrogen-bond acceptors (Lipinski definition) is 6. The zero-order valence-corrected chi connectivity index (χ0v) is 20.9. The summed E-state index contributed by atoms with van der Waals surface area (Å²) < 4.78 is 21.6. The molecule has 3 aromatic rings. The highest BCUT2D eigenvalue weighted by Crippen LogP contribution is 2.41. The molecule has 0 unspecified atom stereocenters. The summed E-state index contributed by atoms with van der Waals surface area (Å²) in [7, 11) is 0. The number of carbonyl (C=O) groups is 2. The maximum Gasteiger partial charge on any atom is 0.404 e. The summed E-state index contributed by atoms with van der Waals surface area (Å²) in [5, 5.41) is 23.4. The average Bonchev–Trinajstić information content (AvgIpc) is 3.21. The second-order valence-corrected chi connectivity index (χ2v) is 9.69. The average molecular weight is 508 g/mol. The molecule has 2 aliphatic heterocycles. The van der Waals surface area contributed by atoms with Crippen LogP contribution in [0, 0.1) is 12.7 Å². The molecular weight excluding hydrogens is 481 g/mol. The maximum atomic E-state index is 15.0. The molecule has 37 heavy (non-hydrogen) atoms. The summed E-state index contributed by atoms with van der Waals surface area (Å²) in [4.78, 5) is 42.1. The highest BCUT2D eigenvalue weighted by Gasteiger charge is 2.45. The van der Waals surface area contributed by atoms with E-state index in [1.165, 1.54) is 10.6 Å². The molecule has 1 amide bonds. The van der Waals surface area contributed by atoms with Crippen molar-refractivity contribution < 1.29 is 28.9 Å². The number of aromatic nitrogens is 2. The molecule has 0 fully saturated rings. The van der Waals surface area contributed by atoms with Crippen molar-refractivity contribution in [1.29, 1.82) is 0 Å². The van der Waals surface area contributed by atoms with Gasteiger partial charge in [0.15, 0.2) is 5.60 Å². The standard InChI is InChI=1S/C27H26FN3O6/c1-5-27(36)18-7-21-23-16(10-31(21)24(32)17(18)11-37-25(27)33)15(9-29-26(34)35)22-14(6-12(2)3)13(4)19(28)8-20(22)30-23/h6-8,29,36H,5,9-11H2,1-4H3,(H,34,35)/t27-/m0/s1. The summed E-state index contributed by atoms with van der Waals surface area (Å²) in [5.41, 5.74) is 2.09. The number of fused-ring (bicyclic) bond motifs is 5. The molecule has 192 valence electrons. The molecule has 2 aliphatic rings. The van der Waals surface area contributed by atoms with E-state index in [-0.39, 0.29) is 37.2 Å². The molecule has 1 aromatic carbocycles. The lowest BCUT2D eigenvalue weighted by Crippen LogP contribution is -2.44. The number of carboxylic acid groups (broad SMARTS) is 1. The first-order valence-electron chi connectivity index (χ1n) is 11.9. The van der Waals surface area contributed by atoms with Gasteiger partial charge in [-0.3, -0.25) is 4.79 Å². The molecule has 0 radical (unpaired) electrons. The lowest BCUT2D eigenvalue weighted by Gasteiger charge is -2.31. The van der Waals surface area contributed by atoms with Gasteiger partial charge in [0.05, 0.1) is 29.0 Å². The largest absolute Gasteiger partial charge is 0.465 e. The third-order valence-electron chi connectivity index (χ3n) is 7.19. The van der Waals surface area contributed by atoms with Crippen molar-refractivity contribution in [2.24, 2.45) is 0 Å². The molecule has 9 nitrogen and oxygen atoms in total. The molecule has 3 N–H and O–H groups in total. The monoisotopic (exact) mass is 507 g/mol. The van der Waals surface area contributed by atoms with Crippen molar-refractivity contribution in [1.82, 2.24) is 14.9 Å². The van der Waals surface area contributed by atoms with Gasteiger partial charge in [0.1, 0.15) is 12.4 Å². The minimum atomic E-state index is -1.98. The van der Waals surface area contributed by atoms with Crippen molar-refractivity contribution in [3.63, 3.8) is 0 Å². The quantitative estimate of drug-likeness (QED) is 0.359. The Morgan fingerprint density at radius 1 is 1.30 bits per heavy atom. The number of pyridine rings is 2. The van der Waals surface area contributed by atoms with Crippen LogP contribution in [0.5, 0.6) is 0 Å². The van der Waals surface area contributed by atoms with Crippen LogP contribution >= 0.6 is 0 Å². The Hall–Kier alpha value is -4.05. The van der Waals surface area contributed by atoms with Crippen molar-refractivity contribution in [3.8, 4) is 11.4 Å². The van der Waals surface area contributed by atoms with E-state index in [9.17, 15) is 24.6 Å². The highest BCUT2D eigenvalue weighted by atomic mass is 19.1. The minimum Gasteiger partial charge on any atom is -0.465 e. The smallest absolute Gasteiger partial charge is 0.404 e. The van der Waals surface area contributed by atoms with E-state index in [0.29, 0.717) is 44.5 Å². The van der Waals surface area contributed by atoms with Gasteiger partial charge in [-0.15, -0.1) is 0 Å². The Bertz CT molecular complexity index is 1620. The summed E-state index contributed by atoms with van der Waals surface area (Å²) in [6.07, 6.45) is 0.605. The number of cyclic esters (lactones) is 1. The minimum absolute atomic E-state index is 0.00403. The molecule has 2 aromatic heterocycles. The fourth-order valence-electron chi connectivity index (χ4n) is 5.26. The van der Waals surface area contributed by atoms with Crippen LogP contribution in [-0.4, -0.2) is 31.8 Å². The molecule has 10 heteroatoms. The van der Waals surface area contributed by atoms with Crippen molar-refractivity contribution in [3.05, 3.63) is 67.3 Å². The van der Waals surface area contributed by atoms with Gasteiger partial charge in [-0.25, -0.2) is 19.0 Å². The number of esters is 1. The number of rotatable bonds is 4. The number of benzene rings is 1. The molecule has 0 spiro atoms. The number of amides is 1. The zero-order chi connectivity index (χ0) is 26.8. The van der Waals surface area contributed by atoms with E-state index in [0.717, 1.165) is 5.57 Å². The number of carbonyl (C=O) groups excluding carboxylic acids is 1. The normalized spacial score (nSPS) is 17.6. The number of ether oxygens (including phenoxy) is 1. The number of aliphatic hydroxyl groups is 1. The first kappa shape index (κ1) is 24.6. The van der Waals surface area contributed by atoms with Gasteiger partial charge in [-0.05, 0) is 49.9 Å². The SMILES string of the molecule is CC[C@@]1(O)C(=O)OCc2c1cc1n(c2=O)Cc2c-1nc1cc(F)c(C)c(C=C(C)C)c1c2CNC(=O)O. The summed E-state index contributed by atoms with van der Waals surface area (Å²) in [6.45, 7) is 6.78. The predicted octanol–water partition coefficient (Wildman–Crippen LogP) is 3.72. The molecule has 1 atom stereocenters. The van der Waals surface area contributed by atoms with Crippen LogP contribution in [0.25, 0.3) is 28.4 Å². The number of halogens is 1. The molecule has 0 saturated heterocycles. The van der Waals surface area contributed by atoms with Gasteiger partial charge in [-0.1, -0.05) is 18.6 Å². The van der Waals surface area contributed by atoms with Crippen LogP contribution in [-0.2, 0) is 34.8 Å². The third kappa shape index (κ3) is 3.62. The number of nitrogens with zero attached hydrogens (tertiary/aromatic N) is 2. The Labute approximate surface area is 211 Å².